The normalized spacial score (nSPS) is 12.5. The van der Waals surface area contributed by atoms with Crippen molar-refractivity contribution < 1.29 is 32.5 Å². The van der Waals surface area contributed by atoms with Crippen LogP contribution in [0.15, 0.2) is 0 Å². The molecule has 7 heteroatoms. The van der Waals surface area contributed by atoms with Gasteiger partial charge in [0.1, 0.15) is 0 Å². The van der Waals surface area contributed by atoms with Gasteiger partial charge < -0.3 is 14.6 Å². The zero-order valence-electron chi connectivity index (χ0n) is 8.09. The number of alkyl halides is 3. The number of rotatable bonds is 2. The summed E-state index contributed by atoms with van der Waals surface area (Å²) in [6.07, 6.45) is -5.15. The van der Waals surface area contributed by atoms with E-state index in [2.05, 4.69) is 9.47 Å². The monoisotopic (exact) mass is 218 g/mol. The summed E-state index contributed by atoms with van der Waals surface area (Å²) in [5.41, 5.74) is 0. The number of carbonyl (C=O) groups excluding carboxylic acids is 1. The van der Waals surface area contributed by atoms with Crippen LogP contribution in [0.1, 0.15) is 13.8 Å². The van der Waals surface area contributed by atoms with E-state index >= 15 is 0 Å². The lowest BCUT2D eigenvalue weighted by molar-refractivity contribution is -0.304. The Balaban J connectivity index is 0. The van der Waals surface area contributed by atoms with E-state index in [0.29, 0.717) is 13.5 Å². The largest absolute Gasteiger partial charge is 0.575 e. The highest BCUT2D eigenvalue weighted by Gasteiger charge is 2.32. The van der Waals surface area contributed by atoms with E-state index in [1.54, 1.807) is 14.0 Å². The number of aliphatic hydroxyl groups is 1. The molecule has 0 saturated carbocycles. The number of esters is 1. The van der Waals surface area contributed by atoms with Crippen LogP contribution in [0.3, 0.4) is 0 Å². The number of methoxy groups -OCH3 is 1. The van der Waals surface area contributed by atoms with E-state index in [9.17, 15) is 18.0 Å². The second-order valence-electron chi connectivity index (χ2n) is 2.34. The van der Waals surface area contributed by atoms with Crippen LogP contribution in [0.4, 0.5) is 13.2 Å². The Morgan fingerprint density at radius 1 is 1.50 bits per heavy atom. The minimum Gasteiger partial charge on any atom is -0.391 e. The molecule has 0 aliphatic carbocycles. The average Bonchev–Trinajstić information content (AvgIpc) is 1.80. The second-order valence-corrected chi connectivity index (χ2v) is 2.34. The lowest BCUT2D eigenvalue weighted by atomic mass is 10.5. The van der Waals surface area contributed by atoms with E-state index in [1.165, 1.54) is 0 Å². The van der Waals surface area contributed by atoms with Gasteiger partial charge >= 0.3 is 12.3 Å². The summed E-state index contributed by atoms with van der Waals surface area (Å²) in [6.45, 7) is 2.80. The first-order chi connectivity index (χ1) is 6.19. The fraction of sp³-hybridized carbons (Fsp3) is 0.857. The minimum atomic E-state index is -4.83. The molecule has 0 spiro atoms. The van der Waals surface area contributed by atoms with Gasteiger partial charge in [0.15, 0.2) is 0 Å². The molecule has 0 amide bonds. The molecular weight excluding hydrogens is 205 g/mol. The maximum atomic E-state index is 10.9. The summed E-state index contributed by atoms with van der Waals surface area (Å²) in [7, 11) is 1.56. The highest BCUT2D eigenvalue weighted by Crippen LogP contribution is 2.15. The maximum absolute atomic E-state index is 10.9. The third-order valence-corrected chi connectivity index (χ3v) is 0.667. The van der Waals surface area contributed by atoms with Crippen molar-refractivity contribution in [2.45, 2.75) is 26.3 Å². The van der Waals surface area contributed by atoms with Gasteiger partial charge in [-0.25, -0.2) is 0 Å². The molecule has 0 aromatic heterocycles. The molecule has 0 aromatic carbocycles. The Kier molecular flexibility index (Phi) is 8.46. The molecule has 0 bridgehead atoms. The SMILES string of the molecule is CC(=O)OC(F)(F)F.COCC(C)O. The molecule has 1 atom stereocenters. The molecule has 0 saturated heterocycles. The zero-order valence-corrected chi connectivity index (χ0v) is 8.09. The summed E-state index contributed by atoms with van der Waals surface area (Å²) in [5.74, 6) is -1.35. The molecular formula is C7H13F3O4. The molecule has 0 aliphatic rings. The van der Waals surface area contributed by atoms with E-state index in [4.69, 9.17) is 5.11 Å². The lowest BCUT2D eigenvalue weighted by Gasteiger charge is -2.02. The Bertz CT molecular complexity index is 156. The van der Waals surface area contributed by atoms with Gasteiger partial charge in [-0.1, -0.05) is 0 Å². The average molecular weight is 218 g/mol. The first-order valence-corrected chi connectivity index (χ1v) is 3.62. The number of carbonyl (C=O) groups is 1. The Morgan fingerprint density at radius 2 is 1.93 bits per heavy atom. The maximum Gasteiger partial charge on any atom is 0.575 e. The van der Waals surface area contributed by atoms with Crippen LogP contribution in [-0.2, 0) is 14.3 Å². The molecule has 14 heavy (non-hydrogen) atoms. The minimum absolute atomic E-state index is 0.324. The second kappa shape index (κ2) is 7.57. The van der Waals surface area contributed by atoms with Crippen molar-refractivity contribution in [3.63, 3.8) is 0 Å². The highest BCUT2D eigenvalue weighted by molar-refractivity contribution is 5.66. The van der Waals surface area contributed by atoms with Crippen molar-refractivity contribution in [3.8, 4) is 0 Å². The zero-order chi connectivity index (χ0) is 11.8. The number of aliphatic hydroxyl groups excluding tert-OH is 1. The van der Waals surface area contributed by atoms with Gasteiger partial charge in [-0.15, -0.1) is 13.2 Å². The van der Waals surface area contributed by atoms with Gasteiger partial charge in [0.2, 0.25) is 0 Å². The molecule has 1 unspecified atom stereocenters. The van der Waals surface area contributed by atoms with Crippen LogP contribution in [0.5, 0.6) is 0 Å². The van der Waals surface area contributed by atoms with Crippen LogP contribution < -0.4 is 0 Å². The molecule has 0 aromatic rings. The Morgan fingerprint density at radius 3 is 1.93 bits per heavy atom. The molecule has 86 valence electrons. The smallest absolute Gasteiger partial charge is 0.391 e. The predicted octanol–water partition coefficient (Wildman–Crippen LogP) is 1.08. The standard InChI is InChI=1S/C4H10O2.C3H3F3O2/c1-4(5)3-6-2;1-2(7)8-3(4,5)6/h4-5H,3H2,1-2H3;1H3. The third kappa shape index (κ3) is 22.5. The number of ether oxygens (including phenoxy) is 2. The molecule has 0 radical (unpaired) electrons. The topological polar surface area (TPSA) is 55.8 Å². The van der Waals surface area contributed by atoms with Gasteiger partial charge in [-0.2, -0.15) is 0 Å². The van der Waals surface area contributed by atoms with Crippen molar-refractivity contribution in [1.82, 2.24) is 0 Å². The van der Waals surface area contributed by atoms with Crippen molar-refractivity contribution >= 4 is 5.97 Å². The lowest BCUT2D eigenvalue weighted by Crippen LogP contribution is -2.16. The summed E-state index contributed by atoms with van der Waals surface area (Å²) < 4.78 is 39.9. The molecule has 4 nitrogen and oxygen atoms in total. The number of hydrogen-bond acceptors (Lipinski definition) is 4. The molecule has 0 rings (SSSR count). The summed E-state index contributed by atoms with van der Waals surface area (Å²) >= 11 is 0. The van der Waals surface area contributed by atoms with Gasteiger partial charge in [-0.05, 0) is 6.92 Å². The van der Waals surface area contributed by atoms with E-state index in [1.807, 2.05) is 0 Å². The van der Waals surface area contributed by atoms with Crippen molar-refractivity contribution in [2.75, 3.05) is 13.7 Å². The fourth-order valence-electron chi connectivity index (χ4n) is 0.404. The van der Waals surface area contributed by atoms with Crippen LogP contribution in [0.25, 0.3) is 0 Å². The summed E-state index contributed by atoms with van der Waals surface area (Å²) in [5, 5.41) is 8.43. The van der Waals surface area contributed by atoms with Crippen LogP contribution in [0.2, 0.25) is 0 Å². The number of hydrogen-bond donors (Lipinski definition) is 1. The van der Waals surface area contributed by atoms with Crippen molar-refractivity contribution in [3.05, 3.63) is 0 Å². The Hall–Kier alpha value is -0.820. The van der Waals surface area contributed by atoms with Gasteiger partial charge in [0, 0.05) is 14.0 Å². The van der Waals surface area contributed by atoms with E-state index in [0.717, 1.165) is 0 Å². The molecule has 1 N–H and O–H groups in total. The van der Waals surface area contributed by atoms with Gasteiger partial charge in [0.25, 0.3) is 0 Å². The van der Waals surface area contributed by atoms with E-state index in [-0.39, 0.29) is 6.10 Å². The number of halogens is 3. The van der Waals surface area contributed by atoms with Gasteiger partial charge in [0.05, 0.1) is 12.7 Å². The Labute approximate surface area is 79.6 Å². The molecule has 0 fully saturated rings. The molecule has 0 heterocycles. The van der Waals surface area contributed by atoms with Crippen molar-refractivity contribution in [1.29, 1.82) is 0 Å². The first-order valence-electron chi connectivity index (χ1n) is 3.62. The summed E-state index contributed by atoms with van der Waals surface area (Å²) in [6, 6.07) is 0. The van der Waals surface area contributed by atoms with Crippen LogP contribution in [0, 0.1) is 0 Å². The predicted molar refractivity (Wildman–Crippen MR) is 41.4 cm³/mol. The third-order valence-electron chi connectivity index (χ3n) is 0.667. The van der Waals surface area contributed by atoms with Gasteiger partial charge in [-0.3, -0.25) is 4.79 Å². The first kappa shape index (κ1) is 15.6. The van der Waals surface area contributed by atoms with E-state index < -0.39 is 12.3 Å². The van der Waals surface area contributed by atoms with Crippen molar-refractivity contribution in [2.24, 2.45) is 0 Å². The van der Waals surface area contributed by atoms with Crippen LogP contribution in [-0.4, -0.2) is 37.3 Å². The van der Waals surface area contributed by atoms with Crippen LogP contribution >= 0.6 is 0 Å². The quantitative estimate of drug-likeness (QED) is 0.705. The highest BCUT2D eigenvalue weighted by atomic mass is 19.4. The summed E-state index contributed by atoms with van der Waals surface area (Å²) in [4.78, 5) is 9.52. The fourth-order valence-corrected chi connectivity index (χ4v) is 0.404. The molecule has 0 aliphatic heterocycles.